The number of nitrogens with zero attached hydrogens (tertiary/aromatic N) is 1. The van der Waals surface area contributed by atoms with Crippen LogP contribution in [-0.2, 0) is 6.42 Å². The second-order valence-electron chi connectivity index (χ2n) is 4.74. The molecule has 0 aliphatic heterocycles. The number of aryl methyl sites for hydroxylation is 1. The molecule has 92 valence electrons. The fourth-order valence-corrected chi connectivity index (χ4v) is 2.41. The smallest absolute Gasteiger partial charge is 0.198 e. The van der Waals surface area contributed by atoms with E-state index in [0.29, 0.717) is 5.92 Å². The topological polar surface area (TPSA) is 26.0 Å². The van der Waals surface area contributed by atoms with Gasteiger partial charge in [0, 0.05) is 5.92 Å². The van der Waals surface area contributed by atoms with Crippen LogP contribution in [0.4, 0.5) is 0 Å². The van der Waals surface area contributed by atoms with E-state index in [1.54, 1.807) is 0 Å². The summed E-state index contributed by atoms with van der Waals surface area (Å²) in [6, 6.07) is 4.29. The minimum Gasteiger partial charge on any atom is -0.439 e. The SMILES string of the molecule is CCCCc1cc(Br)c2oc(C(C)C)nc2c1. The molecule has 0 N–H and O–H groups in total. The zero-order valence-corrected chi connectivity index (χ0v) is 12.2. The molecule has 0 spiro atoms. The molecule has 1 aromatic heterocycles. The van der Waals surface area contributed by atoms with Crippen LogP contribution in [0.2, 0.25) is 0 Å². The molecule has 0 aliphatic carbocycles. The maximum absolute atomic E-state index is 5.76. The van der Waals surface area contributed by atoms with Crippen molar-refractivity contribution in [3.05, 3.63) is 28.1 Å². The van der Waals surface area contributed by atoms with Crippen LogP contribution in [0.1, 0.15) is 51.0 Å². The summed E-state index contributed by atoms with van der Waals surface area (Å²) in [7, 11) is 0. The fourth-order valence-electron chi connectivity index (χ4n) is 1.84. The van der Waals surface area contributed by atoms with E-state index in [2.05, 4.69) is 53.8 Å². The number of hydrogen-bond acceptors (Lipinski definition) is 2. The second-order valence-corrected chi connectivity index (χ2v) is 5.59. The third-order valence-electron chi connectivity index (χ3n) is 2.83. The zero-order chi connectivity index (χ0) is 12.4. The quantitative estimate of drug-likeness (QED) is 0.788. The molecule has 0 saturated heterocycles. The lowest BCUT2D eigenvalue weighted by Gasteiger charge is -2.00. The zero-order valence-electron chi connectivity index (χ0n) is 10.6. The van der Waals surface area contributed by atoms with Gasteiger partial charge in [-0.1, -0.05) is 27.2 Å². The summed E-state index contributed by atoms with van der Waals surface area (Å²) in [5.41, 5.74) is 3.16. The molecule has 3 heteroatoms. The molecule has 2 nitrogen and oxygen atoms in total. The first-order chi connectivity index (χ1) is 8.11. The maximum Gasteiger partial charge on any atom is 0.198 e. The lowest BCUT2D eigenvalue weighted by molar-refractivity contribution is 0.500. The molecule has 0 unspecified atom stereocenters. The Labute approximate surface area is 111 Å². The van der Waals surface area contributed by atoms with Gasteiger partial charge < -0.3 is 4.42 Å². The van der Waals surface area contributed by atoms with Crippen molar-refractivity contribution in [1.82, 2.24) is 4.98 Å². The van der Waals surface area contributed by atoms with E-state index in [1.165, 1.54) is 18.4 Å². The Balaban J connectivity index is 2.42. The Morgan fingerprint density at radius 3 is 2.76 bits per heavy atom. The van der Waals surface area contributed by atoms with Gasteiger partial charge in [0.05, 0.1) is 4.47 Å². The van der Waals surface area contributed by atoms with E-state index in [9.17, 15) is 0 Å². The summed E-state index contributed by atoms with van der Waals surface area (Å²) in [5.74, 6) is 1.14. The Morgan fingerprint density at radius 1 is 1.35 bits per heavy atom. The Hall–Kier alpha value is -0.830. The third kappa shape index (κ3) is 2.71. The summed E-state index contributed by atoms with van der Waals surface area (Å²) in [4.78, 5) is 4.55. The number of oxazole rings is 1. The van der Waals surface area contributed by atoms with Gasteiger partial charge in [0.25, 0.3) is 0 Å². The molecule has 1 heterocycles. The number of rotatable bonds is 4. The molecule has 2 aromatic rings. The summed E-state index contributed by atoms with van der Waals surface area (Å²) in [6.45, 7) is 6.40. The van der Waals surface area contributed by atoms with Gasteiger partial charge in [0.1, 0.15) is 5.52 Å². The van der Waals surface area contributed by atoms with Crippen molar-refractivity contribution in [3.63, 3.8) is 0 Å². The molecule has 0 atom stereocenters. The molecule has 0 fully saturated rings. The molecule has 0 amide bonds. The number of aromatic nitrogens is 1. The number of fused-ring (bicyclic) bond motifs is 1. The van der Waals surface area contributed by atoms with E-state index in [0.717, 1.165) is 27.9 Å². The minimum absolute atomic E-state index is 0.327. The van der Waals surface area contributed by atoms with Crippen molar-refractivity contribution < 1.29 is 4.42 Å². The van der Waals surface area contributed by atoms with Crippen molar-refractivity contribution in [1.29, 1.82) is 0 Å². The van der Waals surface area contributed by atoms with Crippen molar-refractivity contribution in [2.75, 3.05) is 0 Å². The molecule has 17 heavy (non-hydrogen) atoms. The van der Waals surface area contributed by atoms with Crippen molar-refractivity contribution in [2.45, 2.75) is 46.0 Å². The Morgan fingerprint density at radius 2 is 2.12 bits per heavy atom. The number of benzene rings is 1. The highest BCUT2D eigenvalue weighted by Crippen LogP contribution is 2.29. The molecule has 0 bridgehead atoms. The fraction of sp³-hybridized carbons (Fsp3) is 0.500. The Kier molecular flexibility index (Phi) is 3.87. The summed E-state index contributed by atoms with van der Waals surface area (Å²) in [6.07, 6.45) is 3.54. The highest BCUT2D eigenvalue weighted by atomic mass is 79.9. The third-order valence-corrected chi connectivity index (χ3v) is 3.42. The second kappa shape index (κ2) is 5.21. The van der Waals surface area contributed by atoms with Gasteiger partial charge in [-0.3, -0.25) is 0 Å². The van der Waals surface area contributed by atoms with Gasteiger partial charge >= 0.3 is 0 Å². The first-order valence-electron chi connectivity index (χ1n) is 6.20. The molecule has 1 aromatic carbocycles. The highest BCUT2D eigenvalue weighted by molar-refractivity contribution is 9.10. The van der Waals surface area contributed by atoms with Gasteiger partial charge in [0.2, 0.25) is 0 Å². The van der Waals surface area contributed by atoms with E-state index in [4.69, 9.17) is 4.42 Å². The first-order valence-corrected chi connectivity index (χ1v) is 7.00. The van der Waals surface area contributed by atoms with E-state index in [1.807, 2.05) is 0 Å². The van der Waals surface area contributed by atoms with Gasteiger partial charge in [-0.25, -0.2) is 4.98 Å². The van der Waals surface area contributed by atoms with Gasteiger partial charge in [-0.05, 0) is 46.5 Å². The van der Waals surface area contributed by atoms with Crippen LogP contribution < -0.4 is 0 Å². The highest BCUT2D eigenvalue weighted by Gasteiger charge is 2.12. The molecular weight excluding hydrogens is 278 g/mol. The molecule has 2 rings (SSSR count). The number of hydrogen-bond donors (Lipinski definition) is 0. The monoisotopic (exact) mass is 295 g/mol. The van der Waals surface area contributed by atoms with E-state index >= 15 is 0 Å². The predicted octanol–water partition coefficient (Wildman–Crippen LogP) is 5.06. The lowest BCUT2D eigenvalue weighted by Crippen LogP contribution is -1.86. The average Bonchev–Trinajstić information content (AvgIpc) is 2.71. The Bertz CT molecular complexity index is 516. The standard InChI is InChI=1S/C14H18BrNO/c1-4-5-6-10-7-11(15)13-12(8-10)16-14(17-13)9(2)3/h7-9H,4-6H2,1-3H3. The molecule has 0 aliphatic rings. The van der Waals surface area contributed by atoms with Gasteiger partial charge in [-0.2, -0.15) is 0 Å². The minimum atomic E-state index is 0.327. The van der Waals surface area contributed by atoms with Crippen LogP contribution in [0.3, 0.4) is 0 Å². The van der Waals surface area contributed by atoms with Gasteiger partial charge in [-0.15, -0.1) is 0 Å². The largest absolute Gasteiger partial charge is 0.439 e. The van der Waals surface area contributed by atoms with Crippen molar-refractivity contribution >= 4 is 27.0 Å². The van der Waals surface area contributed by atoms with E-state index in [-0.39, 0.29) is 0 Å². The predicted molar refractivity (Wildman–Crippen MR) is 74.4 cm³/mol. The van der Waals surface area contributed by atoms with Crippen molar-refractivity contribution in [2.24, 2.45) is 0 Å². The first kappa shape index (κ1) is 12.6. The molecule has 0 saturated carbocycles. The van der Waals surface area contributed by atoms with Gasteiger partial charge in [0.15, 0.2) is 11.5 Å². The number of unbranched alkanes of at least 4 members (excludes halogenated alkanes) is 1. The van der Waals surface area contributed by atoms with Crippen molar-refractivity contribution in [3.8, 4) is 0 Å². The lowest BCUT2D eigenvalue weighted by atomic mass is 10.1. The van der Waals surface area contributed by atoms with Crippen LogP contribution in [-0.4, -0.2) is 4.98 Å². The summed E-state index contributed by atoms with van der Waals surface area (Å²) >= 11 is 3.57. The van der Waals surface area contributed by atoms with Crippen LogP contribution >= 0.6 is 15.9 Å². The van der Waals surface area contributed by atoms with Crippen LogP contribution in [0.25, 0.3) is 11.1 Å². The van der Waals surface area contributed by atoms with Crippen LogP contribution in [0, 0.1) is 0 Å². The summed E-state index contributed by atoms with van der Waals surface area (Å²) < 4.78 is 6.78. The van der Waals surface area contributed by atoms with Crippen LogP contribution in [0.5, 0.6) is 0 Å². The number of halogens is 1. The maximum atomic E-state index is 5.76. The summed E-state index contributed by atoms with van der Waals surface area (Å²) in [5, 5.41) is 0. The molecule has 0 radical (unpaired) electrons. The normalized spacial score (nSPS) is 11.6. The van der Waals surface area contributed by atoms with E-state index < -0.39 is 0 Å². The average molecular weight is 296 g/mol. The van der Waals surface area contributed by atoms with Crippen LogP contribution in [0.15, 0.2) is 21.0 Å². The molecular formula is C14H18BrNO.